The van der Waals surface area contributed by atoms with Crippen molar-refractivity contribution in [2.45, 2.75) is 12.8 Å². The third kappa shape index (κ3) is 3.37. The van der Waals surface area contributed by atoms with Crippen molar-refractivity contribution < 1.29 is 18.0 Å². The topological polar surface area (TPSA) is 76.5 Å². The Bertz CT molecular complexity index is 995. The van der Waals surface area contributed by atoms with Crippen molar-refractivity contribution in [1.82, 2.24) is 8.87 Å². The molecular formula is C18H20N2O4S. The number of carbonyl (C=O) groups excluding carboxylic acids is 2. The number of benzene rings is 1. The number of ketones is 2. The van der Waals surface area contributed by atoms with Crippen molar-refractivity contribution in [3.63, 3.8) is 0 Å². The van der Waals surface area contributed by atoms with Gasteiger partial charge in [-0.1, -0.05) is 12.1 Å². The highest BCUT2D eigenvalue weighted by atomic mass is 32.2. The summed E-state index contributed by atoms with van der Waals surface area (Å²) in [6, 6.07) is 6.50. The van der Waals surface area contributed by atoms with Crippen LogP contribution in [0.4, 0.5) is 0 Å². The molecule has 1 aliphatic rings. The molecule has 0 N–H and O–H groups in total. The number of nitrogens with zero attached hydrogens (tertiary/aromatic N) is 2. The fourth-order valence-electron chi connectivity index (χ4n) is 2.83. The number of Topliss-reactive ketones (excluding diaryl/α,β-unsaturated/α-hetero) is 2. The average Bonchev–Trinajstić information content (AvgIpc) is 3.27. The lowest BCUT2D eigenvalue weighted by molar-refractivity contribution is -0.116. The Balaban J connectivity index is 2.13. The Morgan fingerprint density at radius 1 is 1.20 bits per heavy atom. The Kier molecular flexibility index (Phi) is 4.28. The lowest BCUT2D eigenvalue weighted by Gasteiger charge is -2.11. The maximum atomic E-state index is 13.1. The number of hydrogen-bond acceptors (Lipinski definition) is 5. The van der Waals surface area contributed by atoms with Crippen LogP contribution in [0.1, 0.15) is 23.2 Å². The van der Waals surface area contributed by atoms with Crippen molar-refractivity contribution in [3.8, 4) is 0 Å². The highest BCUT2D eigenvalue weighted by Gasteiger charge is 2.35. The van der Waals surface area contributed by atoms with Gasteiger partial charge in [-0.25, -0.2) is 12.4 Å². The molecule has 1 fully saturated rings. The first-order valence-corrected chi connectivity index (χ1v) is 9.83. The van der Waals surface area contributed by atoms with Gasteiger partial charge in [-0.15, -0.1) is 0 Å². The molecule has 1 saturated carbocycles. The van der Waals surface area contributed by atoms with E-state index in [1.165, 1.54) is 6.20 Å². The molecule has 1 aromatic carbocycles. The van der Waals surface area contributed by atoms with Crippen LogP contribution in [0, 0.1) is 5.92 Å². The molecule has 0 atom stereocenters. The SMILES string of the molecule is CN(C)C=C(C(=O)c1cccc2c1ccn2S(C)(=O)=O)C(=O)C1CC1. The van der Waals surface area contributed by atoms with E-state index in [0.717, 1.165) is 23.1 Å². The van der Waals surface area contributed by atoms with Gasteiger partial charge in [0.15, 0.2) is 11.6 Å². The van der Waals surface area contributed by atoms with E-state index >= 15 is 0 Å². The fourth-order valence-corrected chi connectivity index (χ4v) is 3.63. The van der Waals surface area contributed by atoms with Crippen LogP contribution in [0.15, 0.2) is 42.2 Å². The van der Waals surface area contributed by atoms with E-state index in [1.807, 2.05) is 0 Å². The van der Waals surface area contributed by atoms with E-state index in [0.29, 0.717) is 16.5 Å². The standard InChI is InChI=1S/C18H20N2O4S/c1-19(2)11-15(17(21)12-7-8-12)18(22)14-5-4-6-16-13(14)9-10-20(16)25(3,23)24/h4-6,9-12H,7-8H2,1-3H3. The number of fused-ring (bicyclic) bond motifs is 1. The van der Waals surface area contributed by atoms with E-state index < -0.39 is 10.0 Å². The van der Waals surface area contributed by atoms with Crippen molar-refractivity contribution in [2.75, 3.05) is 20.4 Å². The lowest BCUT2D eigenvalue weighted by Crippen LogP contribution is -2.18. The molecule has 0 radical (unpaired) electrons. The second-order valence-electron chi connectivity index (χ2n) is 6.59. The molecule has 0 unspecified atom stereocenters. The quantitative estimate of drug-likeness (QED) is 0.341. The second kappa shape index (κ2) is 6.15. The van der Waals surface area contributed by atoms with Crippen molar-refractivity contribution >= 4 is 32.5 Å². The Hall–Kier alpha value is -2.41. The van der Waals surface area contributed by atoms with Gasteiger partial charge >= 0.3 is 0 Å². The predicted octanol–water partition coefficient (Wildman–Crippen LogP) is 2.06. The van der Waals surface area contributed by atoms with Gasteiger partial charge in [0, 0.05) is 43.4 Å². The minimum Gasteiger partial charge on any atom is -0.383 e. The zero-order valence-corrected chi connectivity index (χ0v) is 15.2. The summed E-state index contributed by atoms with van der Waals surface area (Å²) in [6.07, 6.45) is 5.70. The van der Waals surface area contributed by atoms with E-state index in [-0.39, 0.29) is 23.1 Å². The van der Waals surface area contributed by atoms with Gasteiger partial charge in [-0.2, -0.15) is 0 Å². The van der Waals surface area contributed by atoms with Crippen LogP contribution in [0.25, 0.3) is 10.9 Å². The number of allylic oxidation sites excluding steroid dienone is 1. The Morgan fingerprint density at radius 2 is 1.88 bits per heavy atom. The summed E-state index contributed by atoms with van der Waals surface area (Å²) in [5.41, 5.74) is 0.908. The van der Waals surface area contributed by atoms with Crippen LogP contribution in [0.3, 0.4) is 0 Å². The van der Waals surface area contributed by atoms with Gasteiger partial charge in [-0.3, -0.25) is 9.59 Å². The average molecular weight is 360 g/mol. The Morgan fingerprint density at radius 3 is 2.44 bits per heavy atom. The highest BCUT2D eigenvalue weighted by Crippen LogP contribution is 2.34. The summed E-state index contributed by atoms with van der Waals surface area (Å²) in [5.74, 6) is -0.587. The first-order valence-electron chi connectivity index (χ1n) is 7.98. The van der Waals surface area contributed by atoms with Gasteiger partial charge in [0.2, 0.25) is 10.0 Å². The maximum Gasteiger partial charge on any atom is 0.236 e. The van der Waals surface area contributed by atoms with Crippen LogP contribution < -0.4 is 0 Å². The molecule has 0 saturated heterocycles. The minimum atomic E-state index is -3.47. The highest BCUT2D eigenvalue weighted by molar-refractivity contribution is 7.89. The number of hydrogen-bond donors (Lipinski definition) is 0. The summed E-state index contributed by atoms with van der Waals surface area (Å²) in [7, 11) is 0.0442. The van der Waals surface area contributed by atoms with Gasteiger partial charge in [0.25, 0.3) is 0 Å². The van der Waals surface area contributed by atoms with Gasteiger partial charge in [0.05, 0.1) is 17.3 Å². The van der Waals surface area contributed by atoms with Crippen LogP contribution in [0.2, 0.25) is 0 Å². The molecule has 2 aromatic rings. The molecule has 1 aromatic heterocycles. The molecule has 0 aliphatic heterocycles. The zero-order chi connectivity index (χ0) is 18.4. The van der Waals surface area contributed by atoms with Crippen molar-refractivity contribution in [1.29, 1.82) is 0 Å². The molecular weight excluding hydrogens is 340 g/mol. The van der Waals surface area contributed by atoms with Crippen molar-refractivity contribution in [2.24, 2.45) is 5.92 Å². The van der Waals surface area contributed by atoms with Crippen LogP contribution in [-0.2, 0) is 14.8 Å². The minimum absolute atomic E-state index is 0.0741. The van der Waals surface area contributed by atoms with E-state index in [4.69, 9.17) is 0 Å². The lowest BCUT2D eigenvalue weighted by atomic mass is 9.96. The van der Waals surface area contributed by atoms with Crippen LogP contribution in [0.5, 0.6) is 0 Å². The number of aromatic nitrogens is 1. The van der Waals surface area contributed by atoms with Gasteiger partial charge in [0.1, 0.15) is 0 Å². The molecule has 6 nitrogen and oxygen atoms in total. The van der Waals surface area contributed by atoms with E-state index in [9.17, 15) is 18.0 Å². The third-order valence-corrected chi connectivity index (χ3v) is 5.18. The summed E-state index contributed by atoms with van der Waals surface area (Å²) in [6.45, 7) is 0. The monoisotopic (exact) mass is 360 g/mol. The molecule has 0 spiro atoms. The molecule has 3 rings (SSSR count). The van der Waals surface area contributed by atoms with E-state index in [2.05, 4.69) is 0 Å². The molecule has 7 heteroatoms. The molecule has 0 amide bonds. The third-order valence-electron chi connectivity index (χ3n) is 4.14. The van der Waals surface area contributed by atoms with Gasteiger partial charge in [-0.05, 0) is 25.0 Å². The Labute approximate surface area is 146 Å². The zero-order valence-electron chi connectivity index (χ0n) is 14.4. The first-order chi connectivity index (χ1) is 11.7. The first kappa shape index (κ1) is 17.4. The molecule has 0 bridgehead atoms. The predicted molar refractivity (Wildman–Crippen MR) is 96.0 cm³/mol. The summed E-state index contributed by atoms with van der Waals surface area (Å²) >= 11 is 0. The molecule has 1 heterocycles. The van der Waals surface area contributed by atoms with Gasteiger partial charge < -0.3 is 4.90 Å². The van der Waals surface area contributed by atoms with Crippen LogP contribution >= 0.6 is 0 Å². The number of rotatable bonds is 6. The van der Waals surface area contributed by atoms with Crippen molar-refractivity contribution in [3.05, 3.63) is 47.8 Å². The normalized spacial score (nSPS) is 15.4. The maximum absolute atomic E-state index is 13.1. The molecule has 1 aliphatic carbocycles. The summed E-state index contributed by atoms with van der Waals surface area (Å²) < 4.78 is 24.9. The summed E-state index contributed by atoms with van der Waals surface area (Å²) in [4.78, 5) is 27.3. The fraction of sp³-hybridized carbons (Fsp3) is 0.333. The second-order valence-corrected chi connectivity index (χ2v) is 8.45. The molecule has 132 valence electrons. The smallest absolute Gasteiger partial charge is 0.236 e. The van der Waals surface area contributed by atoms with E-state index in [1.54, 1.807) is 49.5 Å². The number of carbonyl (C=O) groups is 2. The summed E-state index contributed by atoms with van der Waals surface area (Å²) in [5, 5.41) is 0.520. The largest absolute Gasteiger partial charge is 0.383 e. The van der Waals surface area contributed by atoms with Crippen LogP contribution in [-0.4, -0.2) is 49.2 Å². The molecule has 25 heavy (non-hydrogen) atoms.